The van der Waals surface area contributed by atoms with Crippen molar-refractivity contribution in [2.75, 3.05) is 26.9 Å². The van der Waals surface area contributed by atoms with Gasteiger partial charge in [0.2, 0.25) is 0 Å². The minimum absolute atomic E-state index is 0.0332. The van der Waals surface area contributed by atoms with Crippen LogP contribution < -0.4 is 0 Å². The Morgan fingerprint density at radius 3 is 2.68 bits per heavy atom. The highest BCUT2D eigenvalue weighted by atomic mass is 19.1. The number of hydrogen-bond donors (Lipinski definition) is 0. The lowest BCUT2D eigenvalue weighted by molar-refractivity contribution is 0.0424. The fourth-order valence-corrected chi connectivity index (χ4v) is 6.20. The van der Waals surface area contributed by atoms with Crippen LogP contribution in [0.15, 0.2) is 60.4 Å². The van der Waals surface area contributed by atoms with Crippen molar-refractivity contribution in [2.24, 2.45) is 7.05 Å². The third kappa shape index (κ3) is 5.32. The molecule has 0 N–H and O–H groups in total. The van der Waals surface area contributed by atoms with Gasteiger partial charge in [0, 0.05) is 32.5 Å². The van der Waals surface area contributed by atoms with Gasteiger partial charge >= 0.3 is 5.97 Å². The zero-order valence-electron chi connectivity index (χ0n) is 25.3. The maximum atomic E-state index is 16.1. The van der Waals surface area contributed by atoms with Crippen LogP contribution in [-0.4, -0.2) is 74.5 Å². The summed E-state index contributed by atoms with van der Waals surface area (Å²) in [5, 5.41) is 12.9. The molecule has 2 aromatic carbocycles. The lowest BCUT2D eigenvalue weighted by atomic mass is 9.98. The molecule has 0 bridgehead atoms. The number of piperidine rings is 1. The van der Waals surface area contributed by atoms with Crippen molar-refractivity contribution in [3.05, 3.63) is 88.8 Å². The van der Waals surface area contributed by atoms with E-state index in [-0.39, 0.29) is 30.0 Å². The monoisotopic (exact) mass is 598 g/mol. The summed E-state index contributed by atoms with van der Waals surface area (Å²) in [6, 6.07) is 12.1. The number of halogens is 1. The lowest BCUT2D eigenvalue weighted by Gasteiger charge is -2.35. The average molecular weight is 599 g/mol. The van der Waals surface area contributed by atoms with E-state index >= 15 is 4.39 Å². The van der Waals surface area contributed by atoms with Crippen molar-refractivity contribution in [1.29, 1.82) is 0 Å². The van der Waals surface area contributed by atoms with Crippen LogP contribution in [0.25, 0.3) is 22.4 Å². The summed E-state index contributed by atoms with van der Waals surface area (Å²) in [6.45, 7) is 4.97. The van der Waals surface area contributed by atoms with Crippen molar-refractivity contribution in [3.8, 4) is 16.8 Å². The molecule has 3 heterocycles. The number of nitrogens with zero attached hydrogens (tertiary/aromatic N) is 6. The van der Waals surface area contributed by atoms with Gasteiger partial charge in [0.05, 0.1) is 54.0 Å². The fourth-order valence-electron chi connectivity index (χ4n) is 6.20. The summed E-state index contributed by atoms with van der Waals surface area (Å²) in [6.07, 6.45) is 6.07. The molecule has 2 atom stereocenters. The first-order chi connectivity index (χ1) is 21.3. The molecule has 0 saturated carbocycles. The second-order valence-corrected chi connectivity index (χ2v) is 11.2. The minimum atomic E-state index is -0.576. The number of aromatic nitrogens is 5. The molecule has 1 aliphatic heterocycles. The van der Waals surface area contributed by atoms with E-state index in [0.717, 1.165) is 36.1 Å². The Morgan fingerprint density at radius 2 is 1.93 bits per heavy atom. The molecule has 2 aliphatic rings. The lowest BCUT2D eigenvalue weighted by Crippen LogP contribution is -2.46. The molecule has 2 aromatic heterocycles. The van der Waals surface area contributed by atoms with Crippen molar-refractivity contribution in [3.63, 3.8) is 0 Å². The number of esters is 1. The summed E-state index contributed by atoms with van der Waals surface area (Å²) >= 11 is 0. The van der Waals surface area contributed by atoms with E-state index < -0.39 is 11.8 Å². The molecule has 1 amide bonds. The molecule has 4 aromatic rings. The van der Waals surface area contributed by atoms with E-state index in [1.165, 1.54) is 12.3 Å². The molecule has 11 heteroatoms. The molecule has 1 saturated heterocycles. The van der Waals surface area contributed by atoms with Crippen molar-refractivity contribution < 1.29 is 23.5 Å². The van der Waals surface area contributed by atoms with Gasteiger partial charge in [-0.1, -0.05) is 35.1 Å². The van der Waals surface area contributed by atoms with Gasteiger partial charge in [0.15, 0.2) is 0 Å². The zero-order valence-corrected chi connectivity index (χ0v) is 25.3. The number of likely N-dealkylation sites (tertiary alicyclic amines) is 1. The van der Waals surface area contributed by atoms with Gasteiger partial charge < -0.3 is 14.4 Å². The second-order valence-electron chi connectivity index (χ2n) is 11.2. The maximum Gasteiger partial charge on any atom is 0.341 e. The standard InChI is InChI=1S/C33H35FN6O4/c1-5-44-33(42)26-17-35-40(31(26)29-20(2)28(29)27-18-38(3)37-36-27)22-12-8-10-21(16-22)24-13-9-14-25(30(24)34)32(41)39-15-7-6-11-23(39)19-43-4/h8-10,12-14,16-18,23,28H,5-7,11,15,19H2,1-4H3/t23?,28-/m0/s1. The van der Waals surface area contributed by atoms with E-state index in [0.29, 0.717) is 41.2 Å². The normalized spacial score (nSPS) is 18.1. The number of carbonyl (C=O) groups is 2. The topological polar surface area (TPSA) is 104 Å². The van der Waals surface area contributed by atoms with Gasteiger partial charge in [-0.25, -0.2) is 13.9 Å². The Morgan fingerprint density at radius 1 is 1.11 bits per heavy atom. The van der Waals surface area contributed by atoms with E-state index in [1.54, 1.807) is 53.5 Å². The molecule has 1 aliphatic carbocycles. The van der Waals surface area contributed by atoms with Gasteiger partial charge in [0.1, 0.15) is 11.4 Å². The van der Waals surface area contributed by atoms with Crippen molar-refractivity contribution in [2.45, 2.75) is 45.1 Å². The molecule has 1 unspecified atom stereocenters. The summed E-state index contributed by atoms with van der Waals surface area (Å²) in [5.74, 6) is -1.49. The zero-order chi connectivity index (χ0) is 31.0. The number of allylic oxidation sites excluding steroid dienone is 2. The fraction of sp³-hybridized carbons (Fsp3) is 0.364. The number of hydrogen-bond acceptors (Lipinski definition) is 7. The summed E-state index contributed by atoms with van der Waals surface area (Å²) in [5.41, 5.74) is 5.23. The van der Waals surface area contributed by atoms with Crippen LogP contribution in [0.4, 0.5) is 4.39 Å². The Hall–Kier alpha value is -4.64. The van der Waals surface area contributed by atoms with Crippen LogP contribution in [-0.2, 0) is 16.5 Å². The van der Waals surface area contributed by atoms with Gasteiger partial charge in [-0.05, 0) is 62.4 Å². The summed E-state index contributed by atoms with van der Waals surface area (Å²) in [7, 11) is 3.42. The minimum Gasteiger partial charge on any atom is -0.462 e. The first-order valence-electron chi connectivity index (χ1n) is 14.9. The van der Waals surface area contributed by atoms with Gasteiger partial charge in [0.25, 0.3) is 5.91 Å². The van der Waals surface area contributed by atoms with Crippen LogP contribution >= 0.6 is 0 Å². The van der Waals surface area contributed by atoms with Crippen LogP contribution in [0.2, 0.25) is 0 Å². The highest BCUT2D eigenvalue weighted by Crippen LogP contribution is 2.54. The van der Waals surface area contributed by atoms with E-state index in [1.807, 2.05) is 31.3 Å². The number of benzene rings is 2. The molecule has 6 rings (SSSR count). The quantitative estimate of drug-likeness (QED) is 0.244. The third-order valence-electron chi connectivity index (χ3n) is 8.38. The van der Waals surface area contributed by atoms with Crippen molar-refractivity contribution in [1.82, 2.24) is 29.7 Å². The second kappa shape index (κ2) is 12.2. The van der Waals surface area contributed by atoms with E-state index in [9.17, 15) is 9.59 Å². The van der Waals surface area contributed by atoms with Crippen LogP contribution in [0.3, 0.4) is 0 Å². The molecular formula is C33H35FN6O4. The first kappa shape index (κ1) is 29.4. The van der Waals surface area contributed by atoms with E-state index in [2.05, 4.69) is 15.4 Å². The number of rotatable bonds is 9. The number of aryl methyl sites for hydroxylation is 1. The van der Waals surface area contributed by atoms with Crippen molar-refractivity contribution >= 4 is 17.4 Å². The maximum absolute atomic E-state index is 16.1. The number of ether oxygens (including phenoxy) is 2. The highest BCUT2D eigenvalue weighted by molar-refractivity contribution is 6.00. The third-order valence-corrected chi connectivity index (χ3v) is 8.38. The Labute approximate surface area is 255 Å². The Bertz CT molecular complexity index is 1760. The highest BCUT2D eigenvalue weighted by Gasteiger charge is 2.42. The van der Waals surface area contributed by atoms with Crippen LogP contribution in [0, 0.1) is 5.82 Å². The van der Waals surface area contributed by atoms with Crippen LogP contribution in [0.1, 0.15) is 71.1 Å². The smallest absolute Gasteiger partial charge is 0.341 e. The molecule has 0 radical (unpaired) electrons. The predicted molar refractivity (Wildman–Crippen MR) is 162 cm³/mol. The Balaban J connectivity index is 1.37. The predicted octanol–water partition coefficient (Wildman–Crippen LogP) is 5.20. The SMILES string of the molecule is CCOC(=O)c1cnn(-c2cccc(-c3cccc(C(=O)N4CCCCC4COC)c3F)c2)c1C1=C(C)[C@H]1c1cn(C)nn1. The summed E-state index contributed by atoms with van der Waals surface area (Å²) < 4.78 is 30.1. The molecule has 1 fully saturated rings. The largest absolute Gasteiger partial charge is 0.462 e. The number of amides is 1. The molecule has 10 nitrogen and oxygen atoms in total. The molecule has 44 heavy (non-hydrogen) atoms. The molecule has 0 spiro atoms. The number of carbonyl (C=O) groups excluding carboxylic acids is 2. The van der Waals surface area contributed by atoms with Crippen LogP contribution in [0.5, 0.6) is 0 Å². The van der Waals surface area contributed by atoms with E-state index in [4.69, 9.17) is 9.47 Å². The first-order valence-corrected chi connectivity index (χ1v) is 14.9. The number of methoxy groups -OCH3 is 1. The van der Waals surface area contributed by atoms with Gasteiger partial charge in [-0.3, -0.25) is 9.48 Å². The summed E-state index contributed by atoms with van der Waals surface area (Å²) in [4.78, 5) is 28.3. The molecule has 228 valence electrons. The molecular weight excluding hydrogens is 563 g/mol. The van der Waals surface area contributed by atoms with Gasteiger partial charge in [-0.2, -0.15) is 5.10 Å². The Kier molecular flexibility index (Phi) is 8.13. The van der Waals surface area contributed by atoms with Gasteiger partial charge in [-0.15, -0.1) is 5.10 Å². The average Bonchev–Trinajstić information content (AvgIpc) is 3.32.